The van der Waals surface area contributed by atoms with Gasteiger partial charge in [-0.1, -0.05) is 6.42 Å². The monoisotopic (exact) mass is 214 g/mol. The maximum absolute atomic E-state index is 11.4. The van der Waals surface area contributed by atoms with Crippen molar-refractivity contribution >= 4 is 12.2 Å². The molecule has 3 atom stereocenters. The van der Waals surface area contributed by atoms with Gasteiger partial charge in [0.1, 0.15) is 12.3 Å². The summed E-state index contributed by atoms with van der Waals surface area (Å²) >= 11 is 0. The van der Waals surface area contributed by atoms with Crippen LogP contribution < -0.4 is 11.1 Å². The van der Waals surface area contributed by atoms with E-state index in [1.807, 2.05) is 0 Å². The highest BCUT2D eigenvalue weighted by Crippen LogP contribution is 2.22. The Hall–Kier alpha value is -0.940. The van der Waals surface area contributed by atoms with Crippen LogP contribution in [0.4, 0.5) is 0 Å². The molecule has 15 heavy (non-hydrogen) atoms. The van der Waals surface area contributed by atoms with Crippen molar-refractivity contribution in [2.45, 2.75) is 37.8 Å². The number of nitrogens with two attached hydrogens (primary N) is 1. The van der Waals surface area contributed by atoms with Crippen molar-refractivity contribution < 1.29 is 14.7 Å². The lowest BCUT2D eigenvalue weighted by Crippen LogP contribution is -2.48. The normalized spacial score (nSPS) is 28.1. The number of aliphatic hydroxyl groups is 1. The molecule has 0 spiro atoms. The predicted octanol–water partition coefficient (Wildman–Crippen LogP) is -0.820. The molecule has 0 saturated heterocycles. The second-order valence-corrected chi connectivity index (χ2v) is 4.06. The number of carbonyl (C=O) groups is 2. The molecule has 0 bridgehead atoms. The maximum Gasteiger partial charge on any atom is 0.239 e. The van der Waals surface area contributed by atoms with Gasteiger partial charge < -0.3 is 21.0 Å². The fraction of sp³-hybridized carbons (Fsp3) is 0.800. The van der Waals surface area contributed by atoms with E-state index in [0.717, 1.165) is 25.5 Å². The third-order valence-corrected chi connectivity index (χ3v) is 2.79. The van der Waals surface area contributed by atoms with Gasteiger partial charge in [-0.05, 0) is 19.3 Å². The zero-order chi connectivity index (χ0) is 11.3. The maximum atomic E-state index is 11.4. The summed E-state index contributed by atoms with van der Waals surface area (Å²) in [4.78, 5) is 22.0. The highest BCUT2D eigenvalue weighted by Gasteiger charge is 2.24. The Morgan fingerprint density at radius 3 is 2.93 bits per heavy atom. The van der Waals surface area contributed by atoms with Gasteiger partial charge in [-0.15, -0.1) is 0 Å². The van der Waals surface area contributed by atoms with Gasteiger partial charge in [0, 0.05) is 12.0 Å². The summed E-state index contributed by atoms with van der Waals surface area (Å²) in [5.74, 6) is -0.288. The Labute approximate surface area is 89.0 Å². The number of amides is 1. The first kappa shape index (κ1) is 12.1. The smallest absolute Gasteiger partial charge is 0.239 e. The van der Waals surface area contributed by atoms with E-state index in [9.17, 15) is 9.59 Å². The Bertz CT molecular complexity index is 233. The molecule has 1 aliphatic rings. The minimum atomic E-state index is -0.860. The molecule has 0 heterocycles. The van der Waals surface area contributed by atoms with E-state index in [2.05, 4.69) is 5.32 Å². The number of rotatable bonds is 4. The van der Waals surface area contributed by atoms with Crippen LogP contribution in [0, 0.1) is 5.92 Å². The van der Waals surface area contributed by atoms with Crippen LogP contribution in [0.2, 0.25) is 0 Å². The Kier molecular flexibility index (Phi) is 4.71. The van der Waals surface area contributed by atoms with Gasteiger partial charge in [-0.3, -0.25) is 4.79 Å². The van der Waals surface area contributed by atoms with E-state index in [4.69, 9.17) is 10.8 Å². The summed E-state index contributed by atoms with van der Waals surface area (Å²) < 4.78 is 0. The highest BCUT2D eigenvalue weighted by atomic mass is 16.3. The highest BCUT2D eigenvalue weighted by molar-refractivity contribution is 5.81. The van der Waals surface area contributed by atoms with Crippen molar-refractivity contribution in [3.8, 4) is 0 Å². The Morgan fingerprint density at radius 1 is 1.60 bits per heavy atom. The largest absolute Gasteiger partial charge is 0.394 e. The average Bonchev–Trinajstić information content (AvgIpc) is 2.28. The minimum absolute atomic E-state index is 0.0269. The van der Waals surface area contributed by atoms with Crippen molar-refractivity contribution in [2.75, 3.05) is 6.61 Å². The van der Waals surface area contributed by atoms with Gasteiger partial charge in [0.15, 0.2) is 0 Å². The third kappa shape index (κ3) is 3.60. The quantitative estimate of drug-likeness (QED) is 0.533. The summed E-state index contributed by atoms with van der Waals surface area (Å²) in [6.07, 6.45) is 4.37. The van der Waals surface area contributed by atoms with Crippen LogP contribution in [0.5, 0.6) is 0 Å². The molecule has 1 aliphatic carbocycles. The molecule has 1 fully saturated rings. The SMILES string of the molecule is NC(CO)C(=O)NC1CCCC(C=O)C1. The average molecular weight is 214 g/mol. The molecule has 0 aromatic heterocycles. The molecule has 1 rings (SSSR count). The number of nitrogens with one attached hydrogen (secondary N) is 1. The fourth-order valence-corrected chi connectivity index (χ4v) is 1.87. The lowest BCUT2D eigenvalue weighted by molar-refractivity contribution is -0.124. The molecule has 86 valence electrons. The summed E-state index contributed by atoms with van der Waals surface area (Å²) in [6, 6.07) is -0.833. The number of hydrogen-bond acceptors (Lipinski definition) is 4. The molecule has 5 heteroatoms. The molecule has 0 aromatic rings. The van der Waals surface area contributed by atoms with Crippen LogP contribution >= 0.6 is 0 Å². The van der Waals surface area contributed by atoms with Crippen LogP contribution in [0.15, 0.2) is 0 Å². The molecule has 0 radical (unpaired) electrons. The first-order valence-electron chi connectivity index (χ1n) is 5.29. The zero-order valence-electron chi connectivity index (χ0n) is 8.69. The molecule has 1 saturated carbocycles. The van der Waals surface area contributed by atoms with Gasteiger partial charge in [0.25, 0.3) is 0 Å². The fourth-order valence-electron chi connectivity index (χ4n) is 1.87. The van der Waals surface area contributed by atoms with Crippen LogP contribution in [-0.2, 0) is 9.59 Å². The topological polar surface area (TPSA) is 92.4 Å². The van der Waals surface area contributed by atoms with E-state index in [-0.39, 0.29) is 24.5 Å². The van der Waals surface area contributed by atoms with Crippen LogP contribution in [-0.4, -0.2) is 36.0 Å². The summed E-state index contributed by atoms with van der Waals surface area (Å²) in [7, 11) is 0. The van der Waals surface area contributed by atoms with Gasteiger partial charge in [-0.25, -0.2) is 0 Å². The molecular formula is C10H18N2O3. The first-order chi connectivity index (χ1) is 7.17. The molecule has 5 nitrogen and oxygen atoms in total. The van der Waals surface area contributed by atoms with Crippen molar-refractivity contribution in [1.29, 1.82) is 0 Å². The molecule has 0 aromatic carbocycles. The standard InChI is InChI=1S/C10H18N2O3/c11-9(6-14)10(15)12-8-3-1-2-7(4-8)5-13/h5,7-9,14H,1-4,6,11H2,(H,12,15). The van der Waals surface area contributed by atoms with Crippen LogP contribution in [0.3, 0.4) is 0 Å². The van der Waals surface area contributed by atoms with Gasteiger partial charge in [-0.2, -0.15) is 0 Å². The van der Waals surface area contributed by atoms with Gasteiger partial charge in [0.05, 0.1) is 6.61 Å². The van der Waals surface area contributed by atoms with E-state index < -0.39 is 6.04 Å². The lowest BCUT2D eigenvalue weighted by atomic mass is 9.86. The number of aldehydes is 1. The zero-order valence-corrected chi connectivity index (χ0v) is 8.69. The van der Waals surface area contributed by atoms with Gasteiger partial charge in [0.2, 0.25) is 5.91 Å². The third-order valence-electron chi connectivity index (χ3n) is 2.79. The van der Waals surface area contributed by atoms with E-state index in [1.165, 1.54) is 0 Å². The molecule has 0 aliphatic heterocycles. The van der Waals surface area contributed by atoms with E-state index in [0.29, 0.717) is 6.42 Å². The summed E-state index contributed by atoms with van der Waals surface area (Å²) in [5, 5.41) is 11.4. The minimum Gasteiger partial charge on any atom is -0.394 e. The van der Waals surface area contributed by atoms with Crippen molar-refractivity contribution in [1.82, 2.24) is 5.32 Å². The van der Waals surface area contributed by atoms with Gasteiger partial charge >= 0.3 is 0 Å². The summed E-state index contributed by atoms with van der Waals surface area (Å²) in [5.41, 5.74) is 5.37. The number of aliphatic hydroxyl groups excluding tert-OH is 1. The summed E-state index contributed by atoms with van der Waals surface area (Å²) in [6.45, 7) is -0.352. The number of carbonyl (C=O) groups excluding carboxylic acids is 2. The Balaban J connectivity index is 2.37. The number of hydrogen-bond donors (Lipinski definition) is 3. The van der Waals surface area contributed by atoms with Crippen LogP contribution in [0.25, 0.3) is 0 Å². The van der Waals surface area contributed by atoms with E-state index >= 15 is 0 Å². The first-order valence-corrected chi connectivity index (χ1v) is 5.29. The van der Waals surface area contributed by atoms with Crippen molar-refractivity contribution in [3.63, 3.8) is 0 Å². The molecule has 4 N–H and O–H groups in total. The van der Waals surface area contributed by atoms with E-state index in [1.54, 1.807) is 0 Å². The molecule has 1 amide bonds. The molecule has 3 unspecified atom stereocenters. The predicted molar refractivity (Wildman–Crippen MR) is 55.0 cm³/mol. The second kappa shape index (κ2) is 5.82. The molecular weight excluding hydrogens is 196 g/mol. The Morgan fingerprint density at radius 2 is 2.33 bits per heavy atom. The lowest BCUT2D eigenvalue weighted by Gasteiger charge is -2.27. The second-order valence-electron chi connectivity index (χ2n) is 4.06. The van der Waals surface area contributed by atoms with Crippen molar-refractivity contribution in [2.24, 2.45) is 11.7 Å². The van der Waals surface area contributed by atoms with Crippen LogP contribution in [0.1, 0.15) is 25.7 Å². The van der Waals surface area contributed by atoms with Crippen molar-refractivity contribution in [3.05, 3.63) is 0 Å².